The van der Waals surface area contributed by atoms with Crippen LogP contribution in [0.2, 0.25) is 0 Å². The van der Waals surface area contributed by atoms with Crippen molar-refractivity contribution in [2.24, 2.45) is 11.8 Å². The predicted octanol–water partition coefficient (Wildman–Crippen LogP) is 6.55. The van der Waals surface area contributed by atoms with E-state index in [9.17, 15) is 13.6 Å². The normalized spacial score (nSPS) is 24.9. The number of halogens is 2. The maximum atomic E-state index is 13.0. The lowest BCUT2D eigenvalue weighted by Crippen LogP contribution is -2.69. The van der Waals surface area contributed by atoms with Crippen molar-refractivity contribution < 1.29 is 13.6 Å². The van der Waals surface area contributed by atoms with Gasteiger partial charge in [0, 0.05) is 29.9 Å². The molecule has 1 aromatic rings. The van der Waals surface area contributed by atoms with Crippen molar-refractivity contribution in [3.8, 4) is 0 Å². The van der Waals surface area contributed by atoms with Gasteiger partial charge in [0.25, 0.3) is 0 Å². The molecule has 0 spiro atoms. The number of piperidine rings is 1. The van der Waals surface area contributed by atoms with Gasteiger partial charge in [-0.05, 0) is 82.5 Å². The van der Waals surface area contributed by atoms with Crippen LogP contribution in [0.5, 0.6) is 0 Å². The standard InChI is InChI=1S/C13H17F2NS.C12H22N2O/c1-2-10-5-7-16(8-6-10)17-11-3-4-12(14)13(15)9-11;1-6-8(2)11(13)14-9(3)7-12(14,5)10(4)15/h3-4,9-10H,2,5-8H2,1H3;8-9,13H,6-7H2,1-5H3. The quantitative estimate of drug-likeness (QED) is 0.293. The zero-order valence-electron chi connectivity index (χ0n) is 20.4. The number of rotatable bonds is 6. The Balaban J connectivity index is 0.000000229. The Hall–Kier alpha value is -1.47. The van der Waals surface area contributed by atoms with Crippen molar-refractivity contribution in [2.45, 2.75) is 90.1 Å². The molecule has 0 aliphatic carbocycles. The average molecular weight is 468 g/mol. The van der Waals surface area contributed by atoms with Gasteiger partial charge in [-0.3, -0.25) is 10.2 Å². The highest BCUT2D eigenvalue weighted by Crippen LogP contribution is 2.38. The van der Waals surface area contributed by atoms with E-state index in [-0.39, 0.29) is 11.7 Å². The van der Waals surface area contributed by atoms with Crippen molar-refractivity contribution in [3.05, 3.63) is 29.8 Å². The van der Waals surface area contributed by atoms with Crippen LogP contribution < -0.4 is 0 Å². The Morgan fingerprint density at radius 1 is 1.25 bits per heavy atom. The first kappa shape index (κ1) is 26.8. The lowest BCUT2D eigenvalue weighted by molar-refractivity contribution is -0.135. The number of nitrogens with zero attached hydrogens (tertiary/aromatic N) is 2. The van der Waals surface area contributed by atoms with Crippen LogP contribution in [-0.4, -0.2) is 45.5 Å². The molecule has 1 N–H and O–H groups in total. The highest BCUT2D eigenvalue weighted by molar-refractivity contribution is 7.97. The third kappa shape index (κ3) is 6.31. The molecule has 4 nitrogen and oxygen atoms in total. The van der Waals surface area contributed by atoms with Gasteiger partial charge in [-0.1, -0.05) is 27.2 Å². The van der Waals surface area contributed by atoms with E-state index in [1.54, 1.807) is 13.0 Å². The molecule has 2 aliphatic heterocycles. The Labute approximate surface area is 196 Å². The van der Waals surface area contributed by atoms with E-state index in [4.69, 9.17) is 5.41 Å². The summed E-state index contributed by atoms with van der Waals surface area (Å²) in [7, 11) is 0. The molecule has 0 saturated carbocycles. The van der Waals surface area contributed by atoms with Crippen LogP contribution in [0.1, 0.15) is 73.6 Å². The van der Waals surface area contributed by atoms with Crippen molar-refractivity contribution >= 4 is 23.6 Å². The van der Waals surface area contributed by atoms with Gasteiger partial charge >= 0.3 is 0 Å². The SMILES string of the molecule is CCC(C)C(=N)N1C(C)CC1(C)C(C)=O.CCC1CCN(Sc2ccc(F)c(F)c2)CC1. The Morgan fingerprint density at radius 3 is 2.34 bits per heavy atom. The summed E-state index contributed by atoms with van der Waals surface area (Å²) in [6, 6.07) is 4.43. The van der Waals surface area contributed by atoms with E-state index < -0.39 is 17.2 Å². The monoisotopic (exact) mass is 467 g/mol. The molecular weight excluding hydrogens is 428 g/mol. The third-order valence-electron chi connectivity index (χ3n) is 7.04. The number of benzene rings is 1. The molecule has 32 heavy (non-hydrogen) atoms. The lowest BCUT2D eigenvalue weighted by Gasteiger charge is -2.56. The maximum Gasteiger partial charge on any atom is 0.159 e. The minimum absolute atomic E-state index is 0.175. The summed E-state index contributed by atoms with van der Waals surface area (Å²) in [4.78, 5) is 14.3. The lowest BCUT2D eigenvalue weighted by atomic mass is 9.76. The number of Topliss-reactive ketones (excluding diaryl/α,β-unsaturated/α-hetero) is 1. The fourth-order valence-corrected chi connectivity index (χ4v) is 5.45. The molecule has 3 atom stereocenters. The number of hydrogen-bond acceptors (Lipinski definition) is 4. The Kier molecular flexibility index (Phi) is 9.70. The van der Waals surface area contributed by atoms with Crippen LogP contribution in [0.25, 0.3) is 0 Å². The van der Waals surface area contributed by atoms with Gasteiger partial charge in [-0.25, -0.2) is 13.1 Å². The van der Waals surface area contributed by atoms with E-state index in [1.807, 2.05) is 18.7 Å². The molecular formula is C25H39F2N3OS. The van der Waals surface area contributed by atoms with Gasteiger partial charge in [0.2, 0.25) is 0 Å². The number of carbonyl (C=O) groups is 1. The van der Waals surface area contributed by atoms with Crippen molar-refractivity contribution in [1.29, 1.82) is 5.41 Å². The average Bonchev–Trinajstić information content (AvgIpc) is 2.76. The molecule has 1 aromatic carbocycles. The van der Waals surface area contributed by atoms with Crippen LogP contribution in [0.4, 0.5) is 8.78 Å². The minimum Gasteiger partial charge on any atom is -0.345 e. The molecule has 0 radical (unpaired) electrons. The number of hydrogen-bond donors (Lipinski definition) is 1. The van der Waals surface area contributed by atoms with Gasteiger partial charge < -0.3 is 4.90 Å². The molecule has 7 heteroatoms. The summed E-state index contributed by atoms with van der Waals surface area (Å²) in [5.41, 5.74) is -0.417. The van der Waals surface area contributed by atoms with E-state index in [2.05, 4.69) is 25.1 Å². The first-order chi connectivity index (χ1) is 15.0. The molecule has 2 aliphatic rings. The van der Waals surface area contributed by atoms with E-state index in [0.29, 0.717) is 11.9 Å². The van der Waals surface area contributed by atoms with E-state index in [1.165, 1.54) is 43.3 Å². The second-order valence-corrected chi connectivity index (χ2v) is 10.6. The number of amidine groups is 1. The summed E-state index contributed by atoms with van der Waals surface area (Å²) in [6.07, 6.45) is 5.47. The summed E-state index contributed by atoms with van der Waals surface area (Å²) >= 11 is 1.53. The molecule has 2 heterocycles. The topological polar surface area (TPSA) is 47.4 Å². The van der Waals surface area contributed by atoms with Crippen LogP contribution in [0.3, 0.4) is 0 Å². The van der Waals surface area contributed by atoms with Gasteiger partial charge in [-0.15, -0.1) is 0 Å². The highest BCUT2D eigenvalue weighted by atomic mass is 32.2. The summed E-state index contributed by atoms with van der Waals surface area (Å²) in [5.74, 6) is 0.323. The molecule has 0 amide bonds. The van der Waals surface area contributed by atoms with Crippen LogP contribution in [0, 0.1) is 28.9 Å². The minimum atomic E-state index is -0.779. The Bertz CT molecular complexity index is 797. The maximum absolute atomic E-state index is 13.0. The zero-order chi connectivity index (χ0) is 24.1. The number of likely N-dealkylation sites (tertiary alicyclic amines) is 1. The molecule has 180 valence electrons. The number of carbonyl (C=O) groups excluding carboxylic acids is 1. The van der Waals surface area contributed by atoms with E-state index in [0.717, 1.165) is 36.7 Å². The fourth-order valence-electron chi connectivity index (χ4n) is 4.48. The van der Waals surface area contributed by atoms with Gasteiger partial charge in [-0.2, -0.15) is 0 Å². The molecule has 3 rings (SSSR count). The first-order valence-corrected chi connectivity index (χ1v) is 12.6. The number of nitrogens with one attached hydrogen (secondary N) is 1. The molecule has 2 saturated heterocycles. The van der Waals surface area contributed by atoms with Gasteiger partial charge in [0.15, 0.2) is 17.4 Å². The molecule has 3 unspecified atom stereocenters. The van der Waals surface area contributed by atoms with Gasteiger partial charge in [0.05, 0.1) is 11.4 Å². The third-order valence-corrected chi connectivity index (χ3v) is 8.13. The summed E-state index contributed by atoms with van der Waals surface area (Å²) in [6.45, 7) is 14.1. The van der Waals surface area contributed by atoms with Gasteiger partial charge in [0.1, 0.15) is 0 Å². The second kappa shape index (κ2) is 11.6. The first-order valence-electron chi connectivity index (χ1n) is 11.8. The van der Waals surface area contributed by atoms with E-state index >= 15 is 0 Å². The smallest absolute Gasteiger partial charge is 0.159 e. The van der Waals surface area contributed by atoms with Crippen molar-refractivity contribution in [1.82, 2.24) is 9.21 Å². The fraction of sp³-hybridized carbons (Fsp3) is 0.680. The van der Waals surface area contributed by atoms with Crippen molar-refractivity contribution in [2.75, 3.05) is 13.1 Å². The largest absolute Gasteiger partial charge is 0.345 e. The summed E-state index contributed by atoms with van der Waals surface area (Å²) in [5, 5.41) is 8.10. The molecule has 0 aromatic heterocycles. The van der Waals surface area contributed by atoms with Crippen LogP contribution in [-0.2, 0) is 4.79 Å². The predicted molar refractivity (Wildman–Crippen MR) is 129 cm³/mol. The second-order valence-electron chi connectivity index (χ2n) is 9.40. The van der Waals surface area contributed by atoms with Crippen molar-refractivity contribution in [3.63, 3.8) is 0 Å². The van der Waals surface area contributed by atoms with Crippen LogP contribution in [0.15, 0.2) is 23.1 Å². The zero-order valence-corrected chi connectivity index (χ0v) is 21.2. The highest BCUT2D eigenvalue weighted by Gasteiger charge is 2.51. The molecule has 0 bridgehead atoms. The number of ketones is 1. The summed E-state index contributed by atoms with van der Waals surface area (Å²) < 4.78 is 28.1. The molecule has 2 fully saturated rings. The van der Waals surface area contributed by atoms with Crippen LogP contribution >= 0.6 is 11.9 Å². The Morgan fingerprint density at radius 2 is 1.88 bits per heavy atom.